The van der Waals surface area contributed by atoms with Gasteiger partial charge >= 0.3 is 6.03 Å². The molecule has 0 saturated heterocycles. The van der Waals surface area contributed by atoms with Crippen molar-refractivity contribution in [3.05, 3.63) is 63.9 Å². The van der Waals surface area contributed by atoms with Crippen LogP contribution in [0.25, 0.3) is 10.9 Å². The Hall–Kier alpha value is -3.13. The first-order valence-corrected chi connectivity index (χ1v) is 10.7. The number of fused-ring (bicyclic) bond motifs is 1. The number of aromatic nitrogens is 2. The Labute approximate surface area is 178 Å². The largest absolute Gasteiger partial charge is 0.325 e. The first kappa shape index (κ1) is 21.6. The molecule has 0 spiro atoms. The molecule has 2 N–H and O–H groups in total. The van der Waals surface area contributed by atoms with Gasteiger partial charge in [0.15, 0.2) is 5.16 Å². The highest BCUT2D eigenvalue weighted by Crippen LogP contribution is 2.19. The number of aryl methyl sites for hydroxylation is 1. The van der Waals surface area contributed by atoms with Gasteiger partial charge in [0.1, 0.15) is 0 Å². The number of nitrogens with one attached hydrogen (secondary N) is 2. The molecule has 0 radical (unpaired) electrons. The van der Waals surface area contributed by atoms with Crippen molar-refractivity contribution in [2.24, 2.45) is 0 Å². The zero-order chi connectivity index (χ0) is 21.7. The minimum Gasteiger partial charge on any atom is -0.307 e. The number of urea groups is 1. The lowest BCUT2D eigenvalue weighted by Crippen LogP contribution is -2.36. The molecule has 3 rings (SSSR count). The Morgan fingerprint density at radius 3 is 2.63 bits per heavy atom. The summed E-state index contributed by atoms with van der Waals surface area (Å²) in [7, 11) is 0. The fourth-order valence-electron chi connectivity index (χ4n) is 3.01. The SMILES string of the molecule is CCCn1c(SCC(=O)NC(=O)Nc2cccc(C)c2C)nc2ccccc2c1=O. The number of benzene rings is 2. The molecular formula is C22H24N4O3S. The van der Waals surface area contributed by atoms with Crippen molar-refractivity contribution in [3.8, 4) is 0 Å². The van der Waals surface area contributed by atoms with Crippen LogP contribution in [0.3, 0.4) is 0 Å². The molecule has 0 unspecified atom stereocenters. The molecule has 30 heavy (non-hydrogen) atoms. The topological polar surface area (TPSA) is 93.1 Å². The van der Waals surface area contributed by atoms with E-state index in [1.54, 1.807) is 28.8 Å². The number of imide groups is 1. The number of carbonyl (C=O) groups excluding carboxylic acids is 2. The number of nitrogens with zero attached hydrogens (tertiary/aromatic N) is 2. The minimum absolute atomic E-state index is 0.0330. The Bertz CT molecular complexity index is 1160. The van der Waals surface area contributed by atoms with Crippen LogP contribution in [-0.4, -0.2) is 27.2 Å². The van der Waals surface area contributed by atoms with E-state index in [2.05, 4.69) is 15.6 Å². The van der Waals surface area contributed by atoms with Crippen LogP contribution in [0.4, 0.5) is 10.5 Å². The number of amides is 3. The predicted octanol–water partition coefficient (Wildman–Crippen LogP) is 3.86. The van der Waals surface area contributed by atoms with E-state index >= 15 is 0 Å². The molecule has 3 aromatic rings. The first-order chi connectivity index (χ1) is 14.4. The van der Waals surface area contributed by atoms with Crippen molar-refractivity contribution >= 4 is 40.3 Å². The molecule has 0 bridgehead atoms. The lowest BCUT2D eigenvalue weighted by Gasteiger charge is -2.13. The second kappa shape index (κ2) is 9.58. The zero-order valence-electron chi connectivity index (χ0n) is 17.2. The average molecular weight is 425 g/mol. The van der Waals surface area contributed by atoms with Gasteiger partial charge in [-0.25, -0.2) is 9.78 Å². The van der Waals surface area contributed by atoms with Crippen LogP contribution < -0.4 is 16.2 Å². The third kappa shape index (κ3) is 4.88. The van der Waals surface area contributed by atoms with Gasteiger partial charge in [-0.1, -0.05) is 43.0 Å². The van der Waals surface area contributed by atoms with Crippen LogP contribution in [0.15, 0.2) is 52.4 Å². The van der Waals surface area contributed by atoms with Crippen LogP contribution in [0, 0.1) is 13.8 Å². The van der Waals surface area contributed by atoms with Gasteiger partial charge in [-0.2, -0.15) is 0 Å². The fourth-order valence-corrected chi connectivity index (χ4v) is 3.84. The van der Waals surface area contributed by atoms with Gasteiger partial charge in [-0.15, -0.1) is 0 Å². The minimum atomic E-state index is -0.591. The standard InChI is InChI=1S/C22H24N4O3S/c1-4-12-26-20(28)16-9-5-6-10-18(16)24-22(26)30-13-19(27)25-21(29)23-17-11-7-8-14(2)15(17)3/h5-11H,4,12-13H2,1-3H3,(H2,23,25,27,29). The number of thioether (sulfide) groups is 1. The van der Waals surface area contributed by atoms with Crippen molar-refractivity contribution in [1.29, 1.82) is 0 Å². The van der Waals surface area contributed by atoms with E-state index in [4.69, 9.17) is 0 Å². The first-order valence-electron chi connectivity index (χ1n) is 9.70. The smallest absolute Gasteiger partial charge is 0.307 e. The average Bonchev–Trinajstić information content (AvgIpc) is 2.72. The Balaban J connectivity index is 1.69. The van der Waals surface area contributed by atoms with Gasteiger partial charge in [0.25, 0.3) is 5.56 Å². The monoisotopic (exact) mass is 424 g/mol. The van der Waals surface area contributed by atoms with Gasteiger partial charge in [-0.05, 0) is 49.6 Å². The molecule has 0 aliphatic carbocycles. The molecular weight excluding hydrogens is 400 g/mol. The molecule has 8 heteroatoms. The summed E-state index contributed by atoms with van der Waals surface area (Å²) < 4.78 is 1.58. The van der Waals surface area contributed by atoms with Gasteiger partial charge in [0, 0.05) is 12.2 Å². The van der Waals surface area contributed by atoms with Crippen molar-refractivity contribution < 1.29 is 9.59 Å². The highest BCUT2D eigenvalue weighted by molar-refractivity contribution is 7.99. The van der Waals surface area contributed by atoms with Crippen LogP contribution in [0.5, 0.6) is 0 Å². The van der Waals surface area contributed by atoms with E-state index in [0.717, 1.165) is 29.3 Å². The molecule has 0 saturated carbocycles. The summed E-state index contributed by atoms with van der Waals surface area (Å²) >= 11 is 1.14. The van der Waals surface area contributed by atoms with Crippen LogP contribution >= 0.6 is 11.8 Å². The van der Waals surface area contributed by atoms with E-state index in [1.807, 2.05) is 39.0 Å². The number of rotatable bonds is 6. The molecule has 0 atom stereocenters. The summed E-state index contributed by atoms with van der Waals surface area (Å²) in [5, 5.41) is 6.03. The number of anilines is 1. The quantitative estimate of drug-likeness (QED) is 0.463. The Kier molecular flexibility index (Phi) is 6.89. The van der Waals surface area contributed by atoms with E-state index in [0.29, 0.717) is 28.3 Å². The van der Waals surface area contributed by atoms with E-state index in [1.165, 1.54) is 0 Å². The number of hydrogen-bond acceptors (Lipinski definition) is 5. The third-order valence-electron chi connectivity index (χ3n) is 4.71. The van der Waals surface area contributed by atoms with Gasteiger partial charge < -0.3 is 5.32 Å². The number of hydrogen-bond donors (Lipinski definition) is 2. The Morgan fingerprint density at radius 1 is 1.10 bits per heavy atom. The second-order valence-electron chi connectivity index (χ2n) is 6.91. The maximum atomic E-state index is 12.8. The maximum absolute atomic E-state index is 12.8. The van der Waals surface area contributed by atoms with Gasteiger partial charge in [0.2, 0.25) is 5.91 Å². The number of para-hydroxylation sites is 1. The summed E-state index contributed by atoms with van der Waals surface area (Å²) in [4.78, 5) is 41.8. The van der Waals surface area contributed by atoms with Crippen molar-refractivity contribution in [3.63, 3.8) is 0 Å². The van der Waals surface area contributed by atoms with Gasteiger partial charge in [0.05, 0.1) is 16.7 Å². The van der Waals surface area contributed by atoms with Crippen molar-refractivity contribution in [2.45, 2.75) is 38.9 Å². The lowest BCUT2D eigenvalue weighted by molar-refractivity contribution is -0.117. The summed E-state index contributed by atoms with van der Waals surface area (Å²) in [6.07, 6.45) is 0.762. The molecule has 0 aliphatic heterocycles. The van der Waals surface area contributed by atoms with Crippen LogP contribution in [-0.2, 0) is 11.3 Å². The summed E-state index contributed by atoms with van der Waals surface area (Å²) in [5.74, 6) is -0.498. The zero-order valence-corrected chi connectivity index (χ0v) is 18.0. The molecule has 0 aliphatic rings. The summed E-state index contributed by atoms with van der Waals surface area (Å²) in [6, 6.07) is 12.1. The van der Waals surface area contributed by atoms with E-state index < -0.39 is 11.9 Å². The normalized spacial score (nSPS) is 10.8. The summed E-state index contributed by atoms with van der Waals surface area (Å²) in [6.45, 7) is 6.34. The molecule has 1 aromatic heterocycles. The van der Waals surface area contributed by atoms with E-state index in [9.17, 15) is 14.4 Å². The predicted molar refractivity (Wildman–Crippen MR) is 120 cm³/mol. The van der Waals surface area contributed by atoms with Crippen LogP contribution in [0.1, 0.15) is 24.5 Å². The number of carbonyl (C=O) groups is 2. The summed E-state index contributed by atoms with van der Waals surface area (Å²) in [5.41, 5.74) is 3.11. The second-order valence-corrected chi connectivity index (χ2v) is 7.85. The van der Waals surface area contributed by atoms with E-state index in [-0.39, 0.29) is 11.3 Å². The van der Waals surface area contributed by atoms with Crippen molar-refractivity contribution in [1.82, 2.24) is 14.9 Å². The molecule has 2 aromatic carbocycles. The lowest BCUT2D eigenvalue weighted by atomic mass is 10.1. The molecule has 7 nitrogen and oxygen atoms in total. The van der Waals surface area contributed by atoms with Crippen LogP contribution in [0.2, 0.25) is 0 Å². The molecule has 1 heterocycles. The molecule has 0 fully saturated rings. The molecule has 156 valence electrons. The highest BCUT2D eigenvalue weighted by Gasteiger charge is 2.14. The molecule has 3 amide bonds. The maximum Gasteiger partial charge on any atom is 0.325 e. The highest BCUT2D eigenvalue weighted by atomic mass is 32.2. The Morgan fingerprint density at radius 2 is 1.87 bits per heavy atom. The van der Waals surface area contributed by atoms with Crippen molar-refractivity contribution in [2.75, 3.05) is 11.1 Å². The van der Waals surface area contributed by atoms with Gasteiger partial charge in [-0.3, -0.25) is 19.5 Å². The fraction of sp³-hybridized carbons (Fsp3) is 0.273. The third-order valence-corrected chi connectivity index (χ3v) is 5.69.